The van der Waals surface area contributed by atoms with Gasteiger partial charge in [-0.3, -0.25) is 14.6 Å². The Labute approximate surface area is 99.4 Å². The fourth-order valence-electron chi connectivity index (χ4n) is 1.32. The highest BCUT2D eigenvalue weighted by atomic mass is 16.2. The van der Waals surface area contributed by atoms with E-state index in [1.165, 1.54) is 0 Å². The van der Waals surface area contributed by atoms with Gasteiger partial charge in [-0.25, -0.2) is 0 Å². The summed E-state index contributed by atoms with van der Waals surface area (Å²) in [6.45, 7) is 2.26. The standard InChI is InChI=1S/C11H16N4O2/c1-7-5-14-3-2-8(7)6-15-11(17)9(12)4-10(13)16/h2-3,5,9H,4,6,12H2,1H3,(H2,13,16)(H,15,17). The van der Waals surface area contributed by atoms with Gasteiger partial charge < -0.3 is 16.8 Å². The van der Waals surface area contributed by atoms with Crippen molar-refractivity contribution in [1.29, 1.82) is 0 Å². The van der Waals surface area contributed by atoms with Crippen molar-refractivity contribution >= 4 is 11.8 Å². The van der Waals surface area contributed by atoms with E-state index in [9.17, 15) is 9.59 Å². The lowest BCUT2D eigenvalue weighted by Crippen LogP contribution is -2.42. The van der Waals surface area contributed by atoms with Crippen LogP contribution >= 0.6 is 0 Å². The number of nitrogens with two attached hydrogens (primary N) is 2. The maximum atomic E-state index is 11.5. The van der Waals surface area contributed by atoms with E-state index in [4.69, 9.17) is 11.5 Å². The average Bonchev–Trinajstić information content (AvgIpc) is 2.26. The molecule has 2 amide bonds. The normalized spacial score (nSPS) is 11.9. The van der Waals surface area contributed by atoms with Gasteiger partial charge in [-0.05, 0) is 24.1 Å². The van der Waals surface area contributed by atoms with Crippen molar-refractivity contribution in [3.8, 4) is 0 Å². The first-order valence-corrected chi connectivity index (χ1v) is 5.21. The number of nitrogens with one attached hydrogen (secondary N) is 1. The molecular weight excluding hydrogens is 220 g/mol. The summed E-state index contributed by atoms with van der Waals surface area (Å²) in [5.74, 6) is -0.979. The Hall–Kier alpha value is -1.95. The van der Waals surface area contributed by atoms with Crippen LogP contribution in [-0.4, -0.2) is 22.8 Å². The first kappa shape index (κ1) is 13.1. The van der Waals surface area contributed by atoms with Crippen molar-refractivity contribution in [2.45, 2.75) is 25.9 Å². The summed E-state index contributed by atoms with van der Waals surface area (Å²) in [7, 11) is 0. The average molecular weight is 236 g/mol. The Morgan fingerprint density at radius 1 is 1.53 bits per heavy atom. The Balaban J connectivity index is 2.48. The zero-order valence-corrected chi connectivity index (χ0v) is 9.64. The molecule has 6 heteroatoms. The summed E-state index contributed by atoms with van der Waals surface area (Å²) in [6.07, 6.45) is 3.21. The molecule has 0 aromatic carbocycles. The number of rotatable bonds is 5. The molecule has 1 heterocycles. The van der Waals surface area contributed by atoms with Gasteiger partial charge in [0.05, 0.1) is 12.5 Å². The van der Waals surface area contributed by atoms with Gasteiger partial charge in [-0.15, -0.1) is 0 Å². The lowest BCUT2D eigenvalue weighted by atomic mass is 10.1. The monoisotopic (exact) mass is 236 g/mol. The van der Waals surface area contributed by atoms with Crippen molar-refractivity contribution in [3.63, 3.8) is 0 Å². The molecule has 1 aromatic rings. The van der Waals surface area contributed by atoms with Crippen LogP contribution in [0.15, 0.2) is 18.5 Å². The first-order valence-electron chi connectivity index (χ1n) is 5.21. The van der Waals surface area contributed by atoms with Crippen LogP contribution in [-0.2, 0) is 16.1 Å². The first-order chi connectivity index (χ1) is 8.00. The van der Waals surface area contributed by atoms with Crippen LogP contribution in [0.1, 0.15) is 17.5 Å². The highest BCUT2D eigenvalue weighted by molar-refractivity contribution is 5.87. The van der Waals surface area contributed by atoms with E-state index in [0.717, 1.165) is 11.1 Å². The van der Waals surface area contributed by atoms with E-state index in [-0.39, 0.29) is 12.3 Å². The molecule has 17 heavy (non-hydrogen) atoms. The van der Waals surface area contributed by atoms with Crippen LogP contribution in [0.2, 0.25) is 0 Å². The largest absolute Gasteiger partial charge is 0.370 e. The van der Waals surface area contributed by atoms with Crippen molar-refractivity contribution in [1.82, 2.24) is 10.3 Å². The summed E-state index contributed by atoms with van der Waals surface area (Å²) in [6, 6.07) is 0.921. The third-order valence-corrected chi connectivity index (χ3v) is 2.35. The van der Waals surface area contributed by atoms with Crippen molar-refractivity contribution in [3.05, 3.63) is 29.6 Å². The number of hydrogen-bond donors (Lipinski definition) is 3. The highest BCUT2D eigenvalue weighted by Gasteiger charge is 2.15. The molecule has 6 nitrogen and oxygen atoms in total. The number of hydrogen-bond acceptors (Lipinski definition) is 4. The molecule has 5 N–H and O–H groups in total. The van der Waals surface area contributed by atoms with Gasteiger partial charge in [-0.1, -0.05) is 0 Å². The van der Waals surface area contributed by atoms with E-state index in [1.54, 1.807) is 12.4 Å². The van der Waals surface area contributed by atoms with Crippen molar-refractivity contribution < 1.29 is 9.59 Å². The lowest BCUT2D eigenvalue weighted by Gasteiger charge is -2.11. The van der Waals surface area contributed by atoms with Gasteiger partial charge in [0.2, 0.25) is 11.8 Å². The molecule has 0 saturated heterocycles. The number of aromatic nitrogens is 1. The fraction of sp³-hybridized carbons (Fsp3) is 0.364. The molecule has 0 bridgehead atoms. The summed E-state index contributed by atoms with van der Waals surface area (Å²) in [5.41, 5.74) is 12.4. The number of carbonyl (C=O) groups excluding carboxylic acids is 2. The molecule has 92 valence electrons. The van der Waals surface area contributed by atoms with Gasteiger partial charge in [0.25, 0.3) is 0 Å². The summed E-state index contributed by atoms with van der Waals surface area (Å²) in [5, 5.41) is 2.65. The molecule has 0 spiro atoms. The van der Waals surface area contributed by atoms with E-state index in [0.29, 0.717) is 6.54 Å². The zero-order chi connectivity index (χ0) is 12.8. The predicted octanol–water partition coefficient (Wildman–Crippen LogP) is -0.791. The fourth-order valence-corrected chi connectivity index (χ4v) is 1.32. The van der Waals surface area contributed by atoms with Gasteiger partial charge in [0.1, 0.15) is 0 Å². The maximum Gasteiger partial charge on any atom is 0.237 e. The van der Waals surface area contributed by atoms with E-state index >= 15 is 0 Å². The van der Waals surface area contributed by atoms with Crippen LogP contribution < -0.4 is 16.8 Å². The molecule has 0 fully saturated rings. The van der Waals surface area contributed by atoms with Gasteiger partial charge in [0.15, 0.2) is 0 Å². The molecule has 0 aliphatic carbocycles. The molecule has 0 aliphatic rings. The van der Waals surface area contributed by atoms with Crippen LogP contribution in [0.3, 0.4) is 0 Å². The minimum Gasteiger partial charge on any atom is -0.370 e. The second kappa shape index (κ2) is 5.95. The second-order valence-corrected chi connectivity index (χ2v) is 3.80. The third kappa shape index (κ3) is 4.20. The Kier molecular flexibility index (Phi) is 4.59. The van der Waals surface area contributed by atoms with Gasteiger partial charge in [0, 0.05) is 18.9 Å². The molecule has 1 rings (SSSR count). The number of nitrogens with zero attached hydrogens (tertiary/aromatic N) is 1. The SMILES string of the molecule is Cc1cnccc1CNC(=O)C(N)CC(N)=O. The van der Waals surface area contributed by atoms with Crippen LogP contribution in [0, 0.1) is 6.92 Å². The Bertz CT molecular complexity index is 420. The van der Waals surface area contributed by atoms with Crippen LogP contribution in [0.4, 0.5) is 0 Å². The van der Waals surface area contributed by atoms with E-state index < -0.39 is 11.9 Å². The molecule has 0 saturated carbocycles. The van der Waals surface area contributed by atoms with Crippen LogP contribution in [0.25, 0.3) is 0 Å². The van der Waals surface area contributed by atoms with Gasteiger partial charge in [-0.2, -0.15) is 0 Å². The molecule has 1 unspecified atom stereocenters. The highest BCUT2D eigenvalue weighted by Crippen LogP contribution is 2.04. The minimum atomic E-state index is -0.894. The quantitative estimate of drug-likeness (QED) is 0.622. The number of carbonyl (C=O) groups is 2. The van der Waals surface area contributed by atoms with Crippen LogP contribution in [0.5, 0.6) is 0 Å². The minimum absolute atomic E-state index is 0.152. The maximum absolute atomic E-state index is 11.5. The van der Waals surface area contributed by atoms with Crippen molar-refractivity contribution in [2.24, 2.45) is 11.5 Å². The molecule has 1 aromatic heterocycles. The van der Waals surface area contributed by atoms with E-state index in [1.807, 2.05) is 13.0 Å². The smallest absolute Gasteiger partial charge is 0.237 e. The number of aryl methyl sites for hydroxylation is 1. The summed E-state index contributed by atoms with van der Waals surface area (Å²) in [4.78, 5) is 26.0. The molecule has 0 radical (unpaired) electrons. The summed E-state index contributed by atoms with van der Waals surface area (Å²) >= 11 is 0. The zero-order valence-electron chi connectivity index (χ0n) is 9.64. The Morgan fingerprint density at radius 3 is 2.82 bits per heavy atom. The van der Waals surface area contributed by atoms with Crippen molar-refractivity contribution in [2.75, 3.05) is 0 Å². The Morgan fingerprint density at radius 2 is 2.24 bits per heavy atom. The summed E-state index contributed by atoms with van der Waals surface area (Å²) < 4.78 is 0. The molecule has 0 aliphatic heterocycles. The molecular formula is C11H16N4O2. The number of amides is 2. The number of pyridine rings is 1. The number of primary amides is 1. The lowest BCUT2D eigenvalue weighted by molar-refractivity contribution is -0.126. The topological polar surface area (TPSA) is 111 Å². The van der Waals surface area contributed by atoms with Gasteiger partial charge >= 0.3 is 0 Å². The second-order valence-electron chi connectivity index (χ2n) is 3.80. The predicted molar refractivity (Wildman–Crippen MR) is 62.6 cm³/mol. The van der Waals surface area contributed by atoms with E-state index in [2.05, 4.69) is 10.3 Å². The molecule has 1 atom stereocenters. The third-order valence-electron chi connectivity index (χ3n) is 2.35.